The normalized spacial score (nSPS) is 15.1. The highest BCUT2D eigenvalue weighted by molar-refractivity contribution is 6.03. The van der Waals surface area contributed by atoms with E-state index in [-0.39, 0.29) is 71.4 Å². The average Bonchev–Trinajstić information content (AvgIpc) is 2.89. The minimum atomic E-state index is -2.78. The van der Waals surface area contributed by atoms with Crippen LogP contribution in [0.3, 0.4) is 0 Å². The van der Waals surface area contributed by atoms with Crippen LogP contribution < -0.4 is 15.5 Å². The number of hydrogen-bond donors (Lipinski definition) is 2. The zero-order valence-electron chi connectivity index (χ0n) is 22.1. The third-order valence-corrected chi connectivity index (χ3v) is 6.89. The van der Waals surface area contributed by atoms with Crippen molar-refractivity contribution in [3.63, 3.8) is 0 Å². The molecule has 1 aliphatic rings. The molecule has 0 atom stereocenters. The quantitative estimate of drug-likeness (QED) is 0.216. The van der Waals surface area contributed by atoms with Gasteiger partial charge in [-0.05, 0) is 66.8 Å². The Hall–Kier alpha value is -3.95. The van der Waals surface area contributed by atoms with Crippen molar-refractivity contribution in [2.75, 3.05) is 22.1 Å². The molecule has 0 aliphatic heterocycles. The molecule has 0 heterocycles. The smallest absolute Gasteiger partial charge is 0.323 e. The van der Waals surface area contributed by atoms with Gasteiger partial charge in [-0.25, -0.2) is 26.7 Å². The van der Waals surface area contributed by atoms with Gasteiger partial charge in [-0.3, -0.25) is 4.79 Å². The Balaban J connectivity index is 1.81. The number of halogens is 5. The van der Waals surface area contributed by atoms with Gasteiger partial charge < -0.3 is 15.5 Å². The van der Waals surface area contributed by atoms with E-state index < -0.39 is 29.4 Å². The molecule has 40 heavy (non-hydrogen) atoms. The Morgan fingerprint density at radius 1 is 0.950 bits per heavy atom. The van der Waals surface area contributed by atoms with Crippen LogP contribution >= 0.6 is 0 Å². The van der Waals surface area contributed by atoms with E-state index in [0.717, 1.165) is 18.2 Å². The Morgan fingerprint density at radius 3 is 2.27 bits per heavy atom. The predicted octanol–water partition coefficient (Wildman–Crippen LogP) is 8.27. The summed E-state index contributed by atoms with van der Waals surface area (Å²) in [4.78, 5) is 26.4. The number of urea groups is 1. The van der Waals surface area contributed by atoms with Gasteiger partial charge in [-0.15, -0.1) is 0 Å². The number of para-hydroxylation sites is 1. The summed E-state index contributed by atoms with van der Waals surface area (Å²) < 4.78 is 72.0. The van der Waals surface area contributed by atoms with Gasteiger partial charge >= 0.3 is 6.03 Å². The van der Waals surface area contributed by atoms with Gasteiger partial charge in [0.15, 0.2) is 6.29 Å². The topological polar surface area (TPSA) is 61.4 Å². The molecule has 5 nitrogen and oxygen atoms in total. The number of nitrogens with one attached hydrogen (secondary N) is 2. The molecule has 3 aromatic rings. The van der Waals surface area contributed by atoms with Crippen LogP contribution in [0.15, 0.2) is 54.6 Å². The molecule has 0 spiro atoms. The van der Waals surface area contributed by atoms with Crippen molar-refractivity contribution >= 4 is 29.4 Å². The average molecular weight is 560 g/mol. The Labute approximate surface area is 229 Å². The molecule has 0 bridgehead atoms. The summed E-state index contributed by atoms with van der Waals surface area (Å²) in [5.74, 6) is -4.88. The molecule has 1 aliphatic carbocycles. The molecular weight excluding hydrogens is 529 g/mol. The first-order chi connectivity index (χ1) is 19.0. The standard InChI is InChI=1S/C30H30F5N3O2/c1-18(2)16-38(21-9-11-30(34,35)12-10-21)28-15-25(33)23(22-13-20(31)8-7-19(22)17-39)14-27(28)37-29(40)36-26-6-4-3-5-24(26)32/h3-8,13-15,17-18,21H,9-12,16H2,1-2H3,(H2,36,37,40). The molecule has 3 aromatic carbocycles. The van der Waals surface area contributed by atoms with Crippen LogP contribution in [0, 0.1) is 23.4 Å². The lowest BCUT2D eigenvalue weighted by Crippen LogP contribution is -2.43. The molecule has 0 radical (unpaired) electrons. The first-order valence-electron chi connectivity index (χ1n) is 13.0. The molecule has 0 saturated heterocycles. The number of carbonyl (C=O) groups is 2. The largest absolute Gasteiger partial charge is 0.367 e. The van der Waals surface area contributed by atoms with E-state index in [2.05, 4.69) is 10.6 Å². The highest BCUT2D eigenvalue weighted by Crippen LogP contribution is 2.41. The lowest BCUT2D eigenvalue weighted by atomic mass is 9.90. The minimum Gasteiger partial charge on any atom is -0.367 e. The van der Waals surface area contributed by atoms with E-state index in [4.69, 9.17) is 0 Å². The fourth-order valence-electron chi connectivity index (χ4n) is 4.98. The number of aldehydes is 1. The number of alkyl halides is 2. The van der Waals surface area contributed by atoms with E-state index in [1.165, 1.54) is 36.4 Å². The third kappa shape index (κ3) is 6.78. The van der Waals surface area contributed by atoms with Crippen molar-refractivity contribution in [2.45, 2.75) is 51.5 Å². The molecule has 0 unspecified atom stereocenters. The lowest BCUT2D eigenvalue weighted by Gasteiger charge is -2.40. The third-order valence-electron chi connectivity index (χ3n) is 6.89. The number of amides is 2. The first-order valence-corrected chi connectivity index (χ1v) is 13.0. The summed E-state index contributed by atoms with van der Waals surface area (Å²) in [6.45, 7) is 4.23. The molecule has 1 fully saturated rings. The zero-order chi connectivity index (χ0) is 29.0. The van der Waals surface area contributed by atoms with Crippen LogP contribution in [0.4, 0.5) is 43.8 Å². The number of nitrogens with zero attached hydrogens (tertiary/aromatic N) is 1. The number of carbonyl (C=O) groups excluding carboxylic acids is 2. The van der Waals surface area contributed by atoms with Gasteiger partial charge in [0.05, 0.1) is 17.1 Å². The molecule has 10 heteroatoms. The molecular formula is C30H30F5N3O2. The summed E-state index contributed by atoms with van der Waals surface area (Å²) in [5.41, 5.74) is 0.0898. The summed E-state index contributed by atoms with van der Waals surface area (Å²) >= 11 is 0. The van der Waals surface area contributed by atoms with Crippen LogP contribution in [0.2, 0.25) is 0 Å². The second-order valence-electron chi connectivity index (χ2n) is 10.4. The number of anilines is 3. The fraction of sp³-hybridized carbons (Fsp3) is 0.333. The Bertz CT molecular complexity index is 1390. The van der Waals surface area contributed by atoms with E-state index in [9.17, 15) is 27.2 Å². The van der Waals surface area contributed by atoms with Crippen molar-refractivity contribution < 1.29 is 31.5 Å². The monoisotopic (exact) mass is 559 g/mol. The molecule has 2 amide bonds. The van der Waals surface area contributed by atoms with Crippen LogP contribution in [-0.4, -0.2) is 30.8 Å². The van der Waals surface area contributed by atoms with Gasteiger partial charge in [-0.2, -0.15) is 0 Å². The van der Waals surface area contributed by atoms with Crippen LogP contribution in [-0.2, 0) is 0 Å². The lowest BCUT2D eigenvalue weighted by molar-refractivity contribution is -0.0382. The maximum absolute atomic E-state index is 15.7. The van der Waals surface area contributed by atoms with Crippen LogP contribution in [0.5, 0.6) is 0 Å². The number of benzene rings is 3. The maximum atomic E-state index is 15.7. The first kappa shape index (κ1) is 29.0. The van der Waals surface area contributed by atoms with Gasteiger partial charge in [0.25, 0.3) is 0 Å². The van der Waals surface area contributed by atoms with E-state index >= 15 is 4.39 Å². The van der Waals surface area contributed by atoms with Gasteiger partial charge in [-0.1, -0.05) is 26.0 Å². The van der Waals surface area contributed by atoms with Gasteiger partial charge in [0, 0.05) is 36.6 Å². The van der Waals surface area contributed by atoms with Crippen molar-refractivity contribution in [3.05, 3.63) is 77.6 Å². The number of hydrogen-bond acceptors (Lipinski definition) is 3. The summed E-state index contributed by atoms with van der Waals surface area (Å²) in [5, 5.41) is 5.04. The second-order valence-corrected chi connectivity index (χ2v) is 10.4. The molecule has 0 aromatic heterocycles. The van der Waals surface area contributed by atoms with Crippen LogP contribution in [0.25, 0.3) is 11.1 Å². The molecule has 212 valence electrons. The fourth-order valence-corrected chi connectivity index (χ4v) is 4.98. The second kappa shape index (κ2) is 12.1. The minimum absolute atomic E-state index is 0.0238. The van der Waals surface area contributed by atoms with E-state index in [1.807, 2.05) is 13.8 Å². The maximum Gasteiger partial charge on any atom is 0.323 e. The van der Waals surface area contributed by atoms with Gasteiger partial charge in [0.1, 0.15) is 17.5 Å². The van der Waals surface area contributed by atoms with Crippen molar-refractivity contribution in [2.24, 2.45) is 5.92 Å². The van der Waals surface area contributed by atoms with Crippen LogP contribution in [0.1, 0.15) is 49.9 Å². The van der Waals surface area contributed by atoms with Crippen molar-refractivity contribution in [3.8, 4) is 11.1 Å². The zero-order valence-corrected chi connectivity index (χ0v) is 22.1. The molecule has 4 rings (SSSR count). The SMILES string of the molecule is CC(C)CN(c1cc(F)c(-c2cc(F)ccc2C=O)cc1NC(=O)Nc1ccccc1F)C1CCC(F)(F)CC1. The highest BCUT2D eigenvalue weighted by Gasteiger charge is 2.38. The summed E-state index contributed by atoms with van der Waals surface area (Å²) in [6.07, 6.45) is 0.129. The summed E-state index contributed by atoms with van der Waals surface area (Å²) in [6, 6.07) is 10.1. The predicted molar refractivity (Wildman–Crippen MR) is 146 cm³/mol. The number of rotatable bonds is 8. The Kier molecular flexibility index (Phi) is 8.76. The van der Waals surface area contributed by atoms with Crippen molar-refractivity contribution in [1.29, 1.82) is 0 Å². The van der Waals surface area contributed by atoms with E-state index in [0.29, 0.717) is 12.8 Å². The van der Waals surface area contributed by atoms with Crippen molar-refractivity contribution in [1.82, 2.24) is 0 Å². The summed E-state index contributed by atoms with van der Waals surface area (Å²) in [7, 11) is 0. The Morgan fingerprint density at radius 2 is 1.62 bits per heavy atom. The van der Waals surface area contributed by atoms with E-state index in [1.54, 1.807) is 4.90 Å². The molecule has 1 saturated carbocycles. The molecule has 2 N–H and O–H groups in total. The highest BCUT2D eigenvalue weighted by atomic mass is 19.3. The van der Waals surface area contributed by atoms with Gasteiger partial charge in [0.2, 0.25) is 5.92 Å².